The van der Waals surface area contributed by atoms with E-state index >= 15 is 0 Å². The van der Waals surface area contributed by atoms with Crippen LogP contribution in [0.15, 0.2) is 127 Å². The van der Waals surface area contributed by atoms with Crippen molar-refractivity contribution in [3.05, 3.63) is 155 Å². The second-order valence-corrected chi connectivity index (χ2v) is 8.58. The lowest BCUT2D eigenvalue weighted by Crippen LogP contribution is -2.28. The van der Waals surface area contributed by atoms with Crippen LogP contribution in [0.1, 0.15) is 27.8 Å². The minimum atomic E-state index is -0.406. The Morgan fingerprint density at radius 3 is 1.70 bits per heavy atom. The summed E-state index contributed by atoms with van der Waals surface area (Å²) in [6.45, 7) is 2.13. The predicted octanol–water partition coefficient (Wildman–Crippen LogP) is 8.15. The van der Waals surface area contributed by atoms with Crippen molar-refractivity contribution >= 4 is 0 Å². The van der Waals surface area contributed by atoms with Crippen LogP contribution >= 0.6 is 0 Å². The summed E-state index contributed by atoms with van der Waals surface area (Å²) in [5, 5.41) is 0. The minimum Gasteiger partial charge on any atom is -0.456 e. The van der Waals surface area contributed by atoms with Gasteiger partial charge in [-0.05, 0) is 52.4 Å². The average molecular weight is 425 g/mol. The van der Waals surface area contributed by atoms with Crippen LogP contribution < -0.4 is 4.74 Å². The third kappa shape index (κ3) is 2.93. The monoisotopic (exact) mass is 424 g/mol. The van der Waals surface area contributed by atoms with E-state index in [0.717, 1.165) is 17.1 Å². The van der Waals surface area contributed by atoms with Crippen molar-refractivity contribution in [2.24, 2.45) is 0 Å². The van der Waals surface area contributed by atoms with E-state index in [1.165, 1.54) is 33.4 Å². The summed E-state index contributed by atoms with van der Waals surface area (Å²) in [5.41, 5.74) is 8.21. The van der Waals surface area contributed by atoms with Crippen molar-refractivity contribution in [3.63, 3.8) is 0 Å². The van der Waals surface area contributed by atoms with Gasteiger partial charge in [-0.1, -0.05) is 115 Å². The maximum absolute atomic E-state index is 6.57. The molecule has 0 spiro atoms. The summed E-state index contributed by atoms with van der Waals surface area (Å²) in [7, 11) is 0. The molecule has 0 aliphatic heterocycles. The highest BCUT2D eigenvalue weighted by molar-refractivity contribution is 5.90. The predicted molar refractivity (Wildman–Crippen MR) is 135 cm³/mol. The molecule has 1 nitrogen and oxygen atoms in total. The zero-order valence-corrected chi connectivity index (χ0v) is 18.5. The van der Waals surface area contributed by atoms with Gasteiger partial charge in [-0.2, -0.15) is 0 Å². The number of aryl methyl sites for hydroxylation is 1. The normalized spacial score (nSPS) is 13.2. The summed E-state index contributed by atoms with van der Waals surface area (Å²) in [5.74, 6) is 1.78. The summed E-state index contributed by atoms with van der Waals surface area (Å²) in [6, 6.07) is 45.1. The molecule has 33 heavy (non-hydrogen) atoms. The molecule has 0 heterocycles. The average Bonchev–Trinajstić information content (AvgIpc) is 3.19. The molecule has 0 bridgehead atoms. The Labute approximate surface area is 194 Å². The quantitative estimate of drug-likeness (QED) is 0.277. The largest absolute Gasteiger partial charge is 0.456 e. The van der Waals surface area contributed by atoms with Gasteiger partial charge in [0.2, 0.25) is 0 Å². The van der Waals surface area contributed by atoms with Gasteiger partial charge in [-0.25, -0.2) is 0 Å². The van der Waals surface area contributed by atoms with Gasteiger partial charge in [-0.15, -0.1) is 0 Å². The van der Waals surface area contributed by atoms with Crippen LogP contribution in [-0.4, -0.2) is 0 Å². The number of fused-ring (bicyclic) bond motifs is 3. The first-order valence-corrected chi connectivity index (χ1v) is 11.4. The van der Waals surface area contributed by atoms with Crippen molar-refractivity contribution in [1.82, 2.24) is 0 Å². The lowest BCUT2D eigenvalue weighted by atomic mass is 9.67. The molecule has 0 radical (unpaired) electrons. The summed E-state index contributed by atoms with van der Waals surface area (Å²) < 4.78 is 6.57. The van der Waals surface area contributed by atoms with E-state index in [2.05, 4.69) is 104 Å². The van der Waals surface area contributed by atoms with Crippen LogP contribution in [-0.2, 0) is 5.41 Å². The zero-order chi connectivity index (χ0) is 22.3. The summed E-state index contributed by atoms with van der Waals surface area (Å²) in [6.07, 6.45) is 0. The van der Waals surface area contributed by atoms with Crippen LogP contribution in [0.3, 0.4) is 0 Å². The van der Waals surface area contributed by atoms with Crippen LogP contribution in [0, 0.1) is 6.92 Å². The molecular formula is C32H24O. The first-order chi connectivity index (χ1) is 16.3. The van der Waals surface area contributed by atoms with Gasteiger partial charge in [0.05, 0.1) is 5.41 Å². The fraction of sp³-hybridized carbons (Fsp3) is 0.0625. The first kappa shape index (κ1) is 19.6. The molecule has 0 N–H and O–H groups in total. The fourth-order valence-electron chi connectivity index (χ4n) is 5.34. The number of ether oxygens (including phenoxy) is 1. The van der Waals surface area contributed by atoms with Gasteiger partial charge in [0, 0.05) is 5.56 Å². The van der Waals surface area contributed by atoms with E-state index in [-0.39, 0.29) is 0 Å². The second kappa shape index (κ2) is 7.79. The number of para-hydroxylation sites is 1. The van der Waals surface area contributed by atoms with Gasteiger partial charge >= 0.3 is 0 Å². The number of rotatable bonds is 4. The smallest absolute Gasteiger partial charge is 0.138 e. The Morgan fingerprint density at radius 2 is 1.06 bits per heavy atom. The molecule has 0 amide bonds. The molecule has 0 fully saturated rings. The van der Waals surface area contributed by atoms with Crippen molar-refractivity contribution in [3.8, 4) is 22.6 Å². The highest BCUT2D eigenvalue weighted by Crippen LogP contribution is 2.59. The summed E-state index contributed by atoms with van der Waals surface area (Å²) in [4.78, 5) is 0. The molecule has 0 atom stereocenters. The van der Waals surface area contributed by atoms with Crippen LogP contribution in [0.5, 0.6) is 11.5 Å². The highest BCUT2D eigenvalue weighted by atomic mass is 16.5. The maximum atomic E-state index is 6.57. The van der Waals surface area contributed by atoms with Crippen molar-refractivity contribution in [2.45, 2.75) is 12.3 Å². The standard InChI is InChI=1S/C32H24O/c1-23-21-22-29-30(31(23)33-26-17-9-4-10-18-26)27-19-11-12-20-28(27)32(29,24-13-5-2-6-14-24)25-15-7-3-8-16-25/h2-22H,1H3. The Bertz CT molecular complexity index is 1380. The van der Waals surface area contributed by atoms with Gasteiger partial charge in [0.25, 0.3) is 0 Å². The molecule has 1 heteroatoms. The van der Waals surface area contributed by atoms with Crippen LogP contribution in [0.2, 0.25) is 0 Å². The van der Waals surface area contributed by atoms with Gasteiger partial charge in [-0.3, -0.25) is 0 Å². The van der Waals surface area contributed by atoms with Crippen molar-refractivity contribution in [2.75, 3.05) is 0 Å². The molecule has 1 aliphatic carbocycles. The van der Waals surface area contributed by atoms with E-state index in [1.54, 1.807) is 0 Å². The Hall–Kier alpha value is -4.10. The fourth-order valence-corrected chi connectivity index (χ4v) is 5.34. The SMILES string of the molecule is Cc1ccc2c(c1Oc1ccccc1)-c1ccccc1C2(c1ccccc1)c1ccccc1. The van der Waals surface area contributed by atoms with Gasteiger partial charge in [0.1, 0.15) is 11.5 Å². The number of benzene rings is 5. The third-order valence-electron chi connectivity index (χ3n) is 6.74. The zero-order valence-electron chi connectivity index (χ0n) is 18.5. The number of hydrogen-bond donors (Lipinski definition) is 0. The van der Waals surface area contributed by atoms with Crippen LogP contribution in [0.4, 0.5) is 0 Å². The summed E-state index contributed by atoms with van der Waals surface area (Å²) >= 11 is 0. The van der Waals surface area contributed by atoms with Crippen molar-refractivity contribution in [1.29, 1.82) is 0 Å². The molecule has 0 unspecified atom stereocenters. The molecule has 0 aromatic heterocycles. The molecule has 5 aromatic rings. The third-order valence-corrected chi connectivity index (χ3v) is 6.74. The Kier molecular flexibility index (Phi) is 4.62. The Morgan fingerprint density at radius 1 is 0.515 bits per heavy atom. The molecule has 1 aliphatic rings. The molecule has 0 saturated heterocycles. The molecule has 5 aromatic carbocycles. The van der Waals surface area contributed by atoms with E-state index in [1.807, 2.05) is 30.3 Å². The van der Waals surface area contributed by atoms with Gasteiger partial charge in [0.15, 0.2) is 0 Å². The van der Waals surface area contributed by atoms with E-state index in [4.69, 9.17) is 4.74 Å². The molecule has 6 rings (SSSR count). The molecule has 0 saturated carbocycles. The Balaban J connectivity index is 1.73. The second-order valence-electron chi connectivity index (χ2n) is 8.58. The van der Waals surface area contributed by atoms with E-state index < -0.39 is 5.41 Å². The maximum Gasteiger partial charge on any atom is 0.138 e. The van der Waals surface area contributed by atoms with Crippen LogP contribution in [0.25, 0.3) is 11.1 Å². The van der Waals surface area contributed by atoms with E-state index in [9.17, 15) is 0 Å². The first-order valence-electron chi connectivity index (χ1n) is 11.4. The lowest BCUT2D eigenvalue weighted by Gasteiger charge is -2.34. The minimum absolute atomic E-state index is 0.406. The topological polar surface area (TPSA) is 9.23 Å². The molecular weight excluding hydrogens is 400 g/mol. The molecule has 158 valence electrons. The van der Waals surface area contributed by atoms with E-state index in [0.29, 0.717) is 0 Å². The van der Waals surface area contributed by atoms with Gasteiger partial charge < -0.3 is 4.74 Å². The number of hydrogen-bond acceptors (Lipinski definition) is 1. The van der Waals surface area contributed by atoms with Crippen molar-refractivity contribution < 1.29 is 4.74 Å². The lowest BCUT2D eigenvalue weighted by molar-refractivity contribution is 0.480. The highest BCUT2D eigenvalue weighted by Gasteiger charge is 2.47.